The molecule has 150 valence electrons. The summed E-state index contributed by atoms with van der Waals surface area (Å²) in [4.78, 5) is 13.5. The van der Waals surface area contributed by atoms with Gasteiger partial charge >= 0.3 is 0 Å². The van der Waals surface area contributed by atoms with E-state index in [-0.39, 0.29) is 18.8 Å². The predicted octanol–water partition coefficient (Wildman–Crippen LogP) is 2.97. The number of aryl methyl sites for hydroxylation is 1. The van der Waals surface area contributed by atoms with Crippen LogP contribution >= 0.6 is 0 Å². The van der Waals surface area contributed by atoms with Gasteiger partial charge in [0.15, 0.2) is 0 Å². The van der Waals surface area contributed by atoms with Crippen LogP contribution in [0.4, 0.5) is 11.6 Å². The van der Waals surface area contributed by atoms with Gasteiger partial charge in [-0.1, -0.05) is 31.2 Å². The molecule has 1 N–H and O–H groups in total. The second kappa shape index (κ2) is 8.88. The molecular formula is C22H30N4O2. The summed E-state index contributed by atoms with van der Waals surface area (Å²) in [6.45, 7) is 5.57. The van der Waals surface area contributed by atoms with E-state index >= 15 is 0 Å². The average Bonchev–Trinajstić information content (AvgIpc) is 2.79. The van der Waals surface area contributed by atoms with E-state index in [1.54, 1.807) is 6.33 Å². The normalized spacial score (nSPS) is 23.1. The molecule has 0 aliphatic carbocycles. The molecule has 0 spiro atoms. The zero-order valence-electron chi connectivity index (χ0n) is 16.6. The molecule has 0 radical (unpaired) electrons. The fourth-order valence-corrected chi connectivity index (χ4v) is 4.19. The van der Waals surface area contributed by atoms with Crippen LogP contribution in [-0.2, 0) is 11.2 Å². The third-order valence-electron chi connectivity index (χ3n) is 5.92. The van der Waals surface area contributed by atoms with E-state index in [1.807, 2.05) is 0 Å². The Morgan fingerprint density at radius 3 is 2.71 bits per heavy atom. The van der Waals surface area contributed by atoms with Gasteiger partial charge in [0, 0.05) is 25.7 Å². The van der Waals surface area contributed by atoms with Crippen molar-refractivity contribution >= 4 is 11.6 Å². The molecule has 0 bridgehead atoms. The predicted molar refractivity (Wildman–Crippen MR) is 111 cm³/mol. The van der Waals surface area contributed by atoms with Crippen molar-refractivity contribution in [3.63, 3.8) is 0 Å². The molecule has 2 aliphatic heterocycles. The summed E-state index contributed by atoms with van der Waals surface area (Å²) in [5, 5.41) is 9.73. The first-order valence-electron chi connectivity index (χ1n) is 10.4. The van der Waals surface area contributed by atoms with Gasteiger partial charge in [-0.2, -0.15) is 0 Å². The highest BCUT2D eigenvalue weighted by molar-refractivity contribution is 5.51. The molecule has 2 aliphatic rings. The molecule has 6 nitrogen and oxygen atoms in total. The number of hydrogen-bond acceptors (Lipinski definition) is 6. The van der Waals surface area contributed by atoms with Crippen LogP contribution in [0.25, 0.3) is 0 Å². The number of nitrogens with zero attached hydrogens (tertiary/aromatic N) is 4. The summed E-state index contributed by atoms with van der Waals surface area (Å²) in [6, 6.07) is 11.0. The zero-order chi connectivity index (χ0) is 19.3. The lowest BCUT2D eigenvalue weighted by Crippen LogP contribution is -2.43. The largest absolute Gasteiger partial charge is 0.394 e. The maximum Gasteiger partial charge on any atom is 0.134 e. The molecular weight excluding hydrogens is 352 g/mol. The number of ether oxygens (including phenoxy) is 1. The standard InChI is InChI=1S/C22H30N4O2/c1-2-17-6-8-18(9-7-17)20-14-25(11-12-28-20)21-13-22(24-16-23-21)26-10-4-3-5-19(26)15-27/h6-9,13,16,19-20,27H,2-5,10-12,14-15H2,1H3. The van der Waals surface area contributed by atoms with Crippen LogP contribution in [0.3, 0.4) is 0 Å². The smallest absolute Gasteiger partial charge is 0.134 e. The fourth-order valence-electron chi connectivity index (χ4n) is 4.19. The van der Waals surface area contributed by atoms with E-state index in [2.05, 4.69) is 57.0 Å². The minimum atomic E-state index is 0.0539. The number of piperidine rings is 1. The third-order valence-corrected chi connectivity index (χ3v) is 5.92. The molecule has 6 heteroatoms. The molecule has 28 heavy (non-hydrogen) atoms. The highest BCUT2D eigenvalue weighted by Gasteiger charge is 2.26. The summed E-state index contributed by atoms with van der Waals surface area (Å²) >= 11 is 0. The highest BCUT2D eigenvalue weighted by Crippen LogP contribution is 2.28. The molecule has 0 saturated carbocycles. The maximum absolute atomic E-state index is 9.73. The molecule has 0 amide bonds. The van der Waals surface area contributed by atoms with Gasteiger partial charge in [-0.05, 0) is 36.8 Å². The van der Waals surface area contributed by atoms with Gasteiger partial charge in [0.1, 0.15) is 24.1 Å². The molecule has 1 aromatic heterocycles. The van der Waals surface area contributed by atoms with Crippen molar-refractivity contribution in [3.8, 4) is 0 Å². The lowest BCUT2D eigenvalue weighted by Gasteiger charge is -2.37. The first-order chi connectivity index (χ1) is 13.8. The van der Waals surface area contributed by atoms with E-state index in [1.165, 1.54) is 17.5 Å². The number of aliphatic hydroxyl groups is 1. The van der Waals surface area contributed by atoms with Crippen molar-refractivity contribution in [3.05, 3.63) is 47.8 Å². The summed E-state index contributed by atoms with van der Waals surface area (Å²) < 4.78 is 6.04. The van der Waals surface area contributed by atoms with Crippen molar-refractivity contribution in [2.75, 3.05) is 42.6 Å². The lowest BCUT2D eigenvalue weighted by atomic mass is 10.0. The van der Waals surface area contributed by atoms with Crippen LogP contribution in [0.5, 0.6) is 0 Å². The molecule has 2 unspecified atom stereocenters. The van der Waals surface area contributed by atoms with Gasteiger partial charge in [0.2, 0.25) is 0 Å². The Bertz CT molecular complexity index is 767. The van der Waals surface area contributed by atoms with Crippen LogP contribution < -0.4 is 9.80 Å². The van der Waals surface area contributed by atoms with Gasteiger partial charge in [-0.3, -0.25) is 0 Å². The van der Waals surface area contributed by atoms with E-state index < -0.39 is 0 Å². The number of benzene rings is 1. The fraction of sp³-hybridized carbons (Fsp3) is 0.545. The number of aromatic nitrogens is 2. The van der Waals surface area contributed by atoms with E-state index in [0.29, 0.717) is 6.61 Å². The van der Waals surface area contributed by atoms with Crippen molar-refractivity contribution in [2.24, 2.45) is 0 Å². The first-order valence-corrected chi connectivity index (χ1v) is 10.4. The molecule has 2 fully saturated rings. The van der Waals surface area contributed by atoms with Crippen LogP contribution in [0.1, 0.15) is 43.4 Å². The molecule has 4 rings (SSSR count). The molecule has 2 atom stereocenters. The van der Waals surface area contributed by atoms with Gasteiger partial charge in [0.25, 0.3) is 0 Å². The molecule has 2 aromatic rings. The Morgan fingerprint density at radius 1 is 1.11 bits per heavy atom. The topological polar surface area (TPSA) is 61.7 Å². The first kappa shape index (κ1) is 19.2. The zero-order valence-corrected chi connectivity index (χ0v) is 16.6. The number of hydrogen-bond donors (Lipinski definition) is 1. The van der Waals surface area contributed by atoms with Crippen LogP contribution in [-0.4, -0.2) is 54.0 Å². The van der Waals surface area contributed by atoms with Gasteiger partial charge in [0.05, 0.1) is 19.3 Å². The van der Waals surface area contributed by atoms with E-state index in [9.17, 15) is 5.11 Å². The van der Waals surface area contributed by atoms with Crippen molar-refractivity contribution in [1.29, 1.82) is 0 Å². The van der Waals surface area contributed by atoms with Crippen molar-refractivity contribution in [1.82, 2.24) is 9.97 Å². The Labute approximate surface area is 167 Å². The third kappa shape index (κ3) is 4.13. The maximum atomic E-state index is 9.73. The van der Waals surface area contributed by atoms with Gasteiger partial charge < -0.3 is 19.6 Å². The van der Waals surface area contributed by atoms with Crippen LogP contribution in [0.2, 0.25) is 0 Å². The molecule has 1 aromatic carbocycles. The van der Waals surface area contributed by atoms with E-state index in [4.69, 9.17) is 4.74 Å². The van der Waals surface area contributed by atoms with E-state index in [0.717, 1.165) is 50.5 Å². The number of anilines is 2. The Balaban J connectivity index is 1.50. The molecule has 2 saturated heterocycles. The SMILES string of the molecule is CCc1ccc(C2CN(c3cc(N4CCCCC4CO)ncn3)CCO2)cc1. The van der Waals surface area contributed by atoms with Crippen LogP contribution in [0.15, 0.2) is 36.7 Å². The van der Waals surface area contributed by atoms with Crippen LogP contribution in [0, 0.1) is 0 Å². The monoisotopic (exact) mass is 382 g/mol. The molecule has 3 heterocycles. The van der Waals surface area contributed by atoms with Gasteiger partial charge in [-0.25, -0.2) is 9.97 Å². The number of morpholine rings is 1. The number of rotatable bonds is 5. The average molecular weight is 383 g/mol. The quantitative estimate of drug-likeness (QED) is 0.858. The van der Waals surface area contributed by atoms with Gasteiger partial charge in [-0.15, -0.1) is 0 Å². The van der Waals surface area contributed by atoms with Crippen molar-refractivity contribution < 1.29 is 9.84 Å². The second-order valence-corrected chi connectivity index (χ2v) is 7.66. The minimum Gasteiger partial charge on any atom is -0.394 e. The summed E-state index contributed by atoms with van der Waals surface area (Å²) in [6.07, 6.45) is 6.08. The minimum absolute atomic E-state index is 0.0539. The lowest BCUT2D eigenvalue weighted by molar-refractivity contribution is 0.0395. The highest BCUT2D eigenvalue weighted by atomic mass is 16.5. The number of aliphatic hydroxyl groups excluding tert-OH is 1. The Hall–Kier alpha value is -2.18. The summed E-state index contributed by atoms with van der Waals surface area (Å²) in [7, 11) is 0. The summed E-state index contributed by atoms with van der Waals surface area (Å²) in [5.41, 5.74) is 2.56. The summed E-state index contributed by atoms with van der Waals surface area (Å²) in [5.74, 6) is 1.85. The second-order valence-electron chi connectivity index (χ2n) is 7.66. The van der Waals surface area contributed by atoms with Crippen molar-refractivity contribution in [2.45, 2.75) is 44.8 Å². The Morgan fingerprint density at radius 2 is 1.93 bits per heavy atom. The Kier molecular flexibility index (Phi) is 6.07.